The monoisotopic (exact) mass is 180 g/mol. The number of rotatable bonds is 3. The molecular formula is C9H12N2O2. The molecular weight excluding hydrogens is 168 g/mol. The zero-order valence-corrected chi connectivity index (χ0v) is 7.70. The molecule has 1 amide bonds. The maximum absolute atomic E-state index is 10.7. The van der Waals surface area contributed by atoms with Gasteiger partial charge in [-0.05, 0) is 13.0 Å². The minimum Gasteiger partial charge on any atom is -0.494 e. The molecule has 0 saturated carbocycles. The van der Waals surface area contributed by atoms with Crippen LogP contribution in [0.4, 0.5) is 5.82 Å². The van der Waals surface area contributed by atoms with Crippen LogP contribution >= 0.6 is 0 Å². The van der Waals surface area contributed by atoms with Gasteiger partial charge in [-0.3, -0.25) is 4.79 Å². The van der Waals surface area contributed by atoms with Crippen molar-refractivity contribution in [3.05, 3.63) is 18.3 Å². The van der Waals surface area contributed by atoms with Gasteiger partial charge in [-0.1, -0.05) is 0 Å². The Morgan fingerprint density at radius 2 is 2.46 bits per heavy atom. The lowest BCUT2D eigenvalue weighted by Crippen LogP contribution is -2.07. The molecule has 0 aliphatic carbocycles. The van der Waals surface area contributed by atoms with Crippen LogP contribution in [0, 0.1) is 0 Å². The number of nitrogens with one attached hydrogen (secondary N) is 1. The third kappa shape index (κ3) is 3.11. The van der Waals surface area contributed by atoms with Gasteiger partial charge in [0.15, 0.2) is 0 Å². The molecule has 0 radical (unpaired) electrons. The van der Waals surface area contributed by atoms with Crippen molar-refractivity contribution in [2.45, 2.75) is 13.8 Å². The van der Waals surface area contributed by atoms with Crippen LogP contribution in [0.5, 0.6) is 5.75 Å². The molecule has 0 aromatic carbocycles. The summed E-state index contributed by atoms with van der Waals surface area (Å²) in [6, 6.07) is 3.43. The summed E-state index contributed by atoms with van der Waals surface area (Å²) in [6.45, 7) is 3.94. The fourth-order valence-electron chi connectivity index (χ4n) is 0.916. The molecule has 0 fully saturated rings. The first-order chi connectivity index (χ1) is 6.22. The molecule has 0 saturated heterocycles. The van der Waals surface area contributed by atoms with E-state index < -0.39 is 0 Å². The highest BCUT2D eigenvalue weighted by Gasteiger charge is 1.98. The summed E-state index contributed by atoms with van der Waals surface area (Å²) in [4.78, 5) is 14.6. The van der Waals surface area contributed by atoms with E-state index in [-0.39, 0.29) is 5.91 Å². The lowest BCUT2D eigenvalue weighted by molar-refractivity contribution is -0.114. The number of aromatic nitrogens is 1. The Labute approximate surface area is 76.9 Å². The van der Waals surface area contributed by atoms with Gasteiger partial charge in [0.25, 0.3) is 0 Å². The van der Waals surface area contributed by atoms with E-state index in [9.17, 15) is 4.79 Å². The van der Waals surface area contributed by atoms with Crippen molar-refractivity contribution in [2.24, 2.45) is 0 Å². The second-order valence-corrected chi connectivity index (χ2v) is 2.49. The van der Waals surface area contributed by atoms with Gasteiger partial charge in [0.05, 0.1) is 6.61 Å². The number of nitrogens with zero attached hydrogens (tertiary/aromatic N) is 1. The van der Waals surface area contributed by atoms with Gasteiger partial charge in [-0.2, -0.15) is 0 Å². The largest absolute Gasteiger partial charge is 0.494 e. The average molecular weight is 180 g/mol. The molecule has 0 atom stereocenters. The van der Waals surface area contributed by atoms with E-state index in [1.165, 1.54) is 6.92 Å². The molecule has 1 N–H and O–H groups in total. The molecule has 0 unspecified atom stereocenters. The lowest BCUT2D eigenvalue weighted by Gasteiger charge is -2.04. The number of ether oxygens (including phenoxy) is 1. The van der Waals surface area contributed by atoms with Crippen LogP contribution in [0.15, 0.2) is 18.3 Å². The number of carbonyl (C=O) groups excluding carboxylic acids is 1. The zero-order chi connectivity index (χ0) is 9.68. The van der Waals surface area contributed by atoms with Crippen molar-refractivity contribution < 1.29 is 9.53 Å². The van der Waals surface area contributed by atoms with Crippen LogP contribution in [0.25, 0.3) is 0 Å². The number of hydrogen-bond donors (Lipinski definition) is 1. The summed E-state index contributed by atoms with van der Waals surface area (Å²) in [5, 5.41) is 2.57. The van der Waals surface area contributed by atoms with Crippen molar-refractivity contribution in [1.29, 1.82) is 0 Å². The molecule has 0 aliphatic rings. The minimum absolute atomic E-state index is 0.138. The number of amides is 1. The average Bonchev–Trinajstić information content (AvgIpc) is 2.04. The zero-order valence-electron chi connectivity index (χ0n) is 7.70. The van der Waals surface area contributed by atoms with Gasteiger partial charge in [0.2, 0.25) is 5.91 Å². The topological polar surface area (TPSA) is 51.2 Å². The normalized spacial score (nSPS) is 9.38. The molecule has 1 rings (SSSR count). The highest BCUT2D eigenvalue weighted by molar-refractivity contribution is 5.87. The van der Waals surface area contributed by atoms with Gasteiger partial charge in [0, 0.05) is 19.2 Å². The number of carbonyl (C=O) groups is 1. The molecule has 0 spiro atoms. The Bertz CT molecular complexity index is 299. The van der Waals surface area contributed by atoms with Crippen molar-refractivity contribution in [3.63, 3.8) is 0 Å². The molecule has 1 aromatic heterocycles. The smallest absolute Gasteiger partial charge is 0.222 e. The maximum atomic E-state index is 10.7. The number of anilines is 1. The Morgan fingerprint density at radius 3 is 3.08 bits per heavy atom. The second kappa shape index (κ2) is 4.45. The standard InChI is InChI=1S/C9H12N2O2/c1-3-13-8-4-5-10-9(6-8)11-7(2)12/h4-6H,3H2,1-2H3,(H,10,11,12). The van der Waals surface area contributed by atoms with Crippen LogP contribution in [0.2, 0.25) is 0 Å². The molecule has 4 heteroatoms. The fourth-order valence-corrected chi connectivity index (χ4v) is 0.916. The van der Waals surface area contributed by atoms with Gasteiger partial charge in [-0.15, -0.1) is 0 Å². The summed E-state index contributed by atoms with van der Waals surface area (Å²) >= 11 is 0. The van der Waals surface area contributed by atoms with E-state index in [4.69, 9.17) is 4.74 Å². The van der Waals surface area contributed by atoms with Gasteiger partial charge in [-0.25, -0.2) is 4.98 Å². The van der Waals surface area contributed by atoms with Crippen LogP contribution in [-0.4, -0.2) is 17.5 Å². The Morgan fingerprint density at radius 1 is 1.69 bits per heavy atom. The summed E-state index contributed by atoms with van der Waals surface area (Å²) in [5.41, 5.74) is 0. The SMILES string of the molecule is CCOc1ccnc(NC(C)=O)c1. The summed E-state index contributed by atoms with van der Waals surface area (Å²) in [7, 11) is 0. The third-order valence-corrected chi connectivity index (χ3v) is 1.35. The fraction of sp³-hybridized carbons (Fsp3) is 0.333. The summed E-state index contributed by atoms with van der Waals surface area (Å²) in [6.07, 6.45) is 1.59. The van der Waals surface area contributed by atoms with Crippen LogP contribution in [-0.2, 0) is 4.79 Å². The summed E-state index contributed by atoms with van der Waals surface area (Å²) < 4.78 is 5.24. The number of hydrogen-bond acceptors (Lipinski definition) is 3. The highest BCUT2D eigenvalue weighted by atomic mass is 16.5. The molecule has 4 nitrogen and oxygen atoms in total. The van der Waals surface area contributed by atoms with E-state index in [0.29, 0.717) is 18.2 Å². The Kier molecular flexibility index (Phi) is 3.25. The minimum atomic E-state index is -0.138. The first kappa shape index (κ1) is 9.51. The molecule has 1 aromatic rings. The van der Waals surface area contributed by atoms with Gasteiger partial charge >= 0.3 is 0 Å². The maximum Gasteiger partial charge on any atom is 0.222 e. The predicted octanol–water partition coefficient (Wildman–Crippen LogP) is 1.44. The third-order valence-electron chi connectivity index (χ3n) is 1.35. The van der Waals surface area contributed by atoms with Crippen LogP contribution in [0.3, 0.4) is 0 Å². The first-order valence-electron chi connectivity index (χ1n) is 4.09. The Hall–Kier alpha value is -1.58. The molecule has 1 heterocycles. The van der Waals surface area contributed by atoms with E-state index >= 15 is 0 Å². The van der Waals surface area contributed by atoms with Crippen molar-refractivity contribution in [3.8, 4) is 5.75 Å². The van der Waals surface area contributed by atoms with E-state index in [2.05, 4.69) is 10.3 Å². The van der Waals surface area contributed by atoms with Crippen LogP contribution in [0.1, 0.15) is 13.8 Å². The van der Waals surface area contributed by atoms with Crippen LogP contribution < -0.4 is 10.1 Å². The Balaban J connectivity index is 2.73. The van der Waals surface area contributed by atoms with Crippen molar-refractivity contribution in [2.75, 3.05) is 11.9 Å². The quantitative estimate of drug-likeness (QED) is 0.765. The highest BCUT2D eigenvalue weighted by Crippen LogP contribution is 2.13. The van der Waals surface area contributed by atoms with Crippen molar-refractivity contribution in [1.82, 2.24) is 4.98 Å². The second-order valence-electron chi connectivity index (χ2n) is 2.49. The predicted molar refractivity (Wildman–Crippen MR) is 49.7 cm³/mol. The lowest BCUT2D eigenvalue weighted by atomic mass is 10.4. The molecule has 70 valence electrons. The summed E-state index contributed by atoms with van der Waals surface area (Å²) in [5.74, 6) is 1.08. The van der Waals surface area contributed by atoms with Gasteiger partial charge < -0.3 is 10.1 Å². The molecule has 13 heavy (non-hydrogen) atoms. The number of pyridine rings is 1. The molecule has 0 bridgehead atoms. The van der Waals surface area contributed by atoms with E-state index in [0.717, 1.165) is 0 Å². The van der Waals surface area contributed by atoms with E-state index in [1.54, 1.807) is 18.3 Å². The van der Waals surface area contributed by atoms with Crippen molar-refractivity contribution >= 4 is 11.7 Å². The van der Waals surface area contributed by atoms with Gasteiger partial charge in [0.1, 0.15) is 11.6 Å². The van der Waals surface area contributed by atoms with E-state index in [1.807, 2.05) is 6.92 Å². The first-order valence-corrected chi connectivity index (χ1v) is 4.09. The molecule has 0 aliphatic heterocycles.